The molecule has 0 saturated heterocycles. The van der Waals surface area contributed by atoms with Crippen LogP contribution in [0.3, 0.4) is 0 Å². The van der Waals surface area contributed by atoms with E-state index in [1.54, 1.807) is 0 Å². The maximum Gasteiger partial charge on any atom is 0.164 e. The summed E-state index contributed by atoms with van der Waals surface area (Å²) in [4.78, 5) is 22.4. The van der Waals surface area contributed by atoms with Gasteiger partial charge in [-0.25, -0.2) is 0 Å². The molecule has 5 heteroatoms. The van der Waals surface area contributed by atoms with Crippen molar-refractivity contribution in [2.75, 3.05) is 33.0 Å². The fourth-order valence-electron chi connectivity index (χ4n) is 1.26. The highest BCUT2D eigenvalue weighted by atomic mass is 16.5. The molecule has 0 radical (unpaired) electrons. The lowest BCUT2D eigenvalue weighted by Gasteiger charge is -2.20. The van der Waals surface area contributed by atoms with E-state index in [1.165, 1.54) is 0 Å². The fourth-order valence-corrected chi connectivity index (χ4v) is 1.26. The Kier molecular flexibility index (Phi) is 8.85. The molecular weight excluding hydrogens is 258 g/mol. The molecule has 0 aliphatic carbocycles. The SMILES string of the molecule is CCC(C)(C)C(=O)COCCOCCNC(C)(C)C=O. The minimum Gasteiger partial charge on any atom is -0.378 e. The second-order valence-corrected chi connectivity index (χ2v) is 6.09. The maximum absolute atomic E-state index is 11.8. The molecule has 0 spiro atoms. The average Bonchev–Trinajstić information content (AvgIpc) is 2.41. The van der Waals surface area contributed by atoms with E-state index in [2.05, 4.69) is 5.32 Å². The first-order valence-corrected chi connectivity index (χ1v) is 7.15. The van der Waals surface area contributed by atoms with E-state index in [9.17, 15) is 9.59 Å². The Labute approximate surface area is 122 Å². The summed E-state index contributed by atoms with van der Waals surface area (Å²) in [6.07, 6.45) is 1.68. The number of carbonyl (C=O) groups excluding carboxylic acids is 2. The normalized spacial score (nSPS) is 12.4. The summed E-state index contributed by atoms with van der Waals surface area (Å²) in [7, 11) is 0. The Morgan fingerprint density at radius 2 is 1.70 bits per heavy atom. The van der Waals surface area contributed by atoms with Gasteiger partial charge in [0.15, 0.2) is 5.78 Å². The van der Waals surface area contributed by atoms with E-state index >= 15 is 0 Å². The summed E-state index contributed by atoms with van der Waals surface area (Å²) in [6.45, 7) is 11.6. The molecule has 0 amide bonds. The van der Waals surface area contributed by atoms with E-state index < -0.39 is 5.54 Å². The highest BCUT2D eigenvalue weighted by Gasteiger charge is 2.24. The van der Waals surface area contributed by atoms with Gasteiger partial charge in [0, 0.05) is 12.0 Å². The topological polar surface area (TPSA) is 64.6 Å². The number of hydrogen-bond acceptors (Lipinski definition) is 5. The minimum atomic E-state index is -0.516. The first-order chi connectivity index (χ1) is 9.25. The third kappa shape index (κ3) is 8.40. The van der Waals surface area contributed by atoms with E-state index in [1.807, 2.05) is 34.6 Å². The molecule has 0 rings (SSSR count). The molecule has 0 aromatic heterocycles. The van der Waals surface area contributed by atoms with Crippen LogP contribution in [0.2, 0.25) is 0 Å². The standard InChI is InChI=1S/C15H29NO4/c1-6-14(2,3)13(18)11-20-10-9-19-8-7-16-15(4,5)12-17/h12,16H,6-11H2,1-5H3. The van der Waals surface area contributed by atoms with Crippen LogP contribution in [0.4, 0.5) is 0 Å². The zero-order valence-corrected chi connectivity index (χ0v) is 13.5. The highest BCUT2D eigenvalue weighted by molar-refractivity contribution is 5.85. The summed E-state index contributed by atoms with van der Waals surface area (Å²) in [5.41, 5.74) is -0.830. The van der Waals surface area contributed by atoms with Crippen molar-refractivity contribution >= 4 is 12.1 Å². The summed E-state index contributed by atoms with van der Waals surface area (Å²) < 4.78 is 10.7. The number of hydrogen-bond donors (Lipinski definition) is 1. The molecule has 0 atom stereocenters. The molecule has 0 aliphatic rings. The van der Waals surface area contributed by atoms with Crippen molar-refractivity contribution < 1.29 is 19.1 Å². The molecule has 0 aliphatic heterocycles. The molecule has 0 fully saturated rings. The Hall–Kier alpha value is -0.780. The first kappa shape index (κ1) is 19.2. The van der Waals surface area contributed by atoms with Crippen molar-refractivity contribution in [2.24, 2.45) is 5.41 Å². The average molecular weight is 287 g/mol. The lowest BCUT2D eigenvalue weighted by molar-refractivity contribution is -0.132. The van der Waals surface area contributed by atoms with Gasteiger partial charge in [-0.15, -0.1) is 0 Å². The van der Waals surface area contributed by atoms with Crippen LogP contribution in [0, 0.1) is 5.41 Å². The van der Waals surface area contributed by atoms with E-state index in [0.29, 0.717) is 26.4 Å². The monoisotopic (exact) mass is 287 g/mol. The molecule has 0 heterocycles. The highest BCUT2D eigenvalue weighted by Crippen LogP contribution is 2.20. The Morgan fingerprint density at radius 3 is 2.25 bits per heavy atom. The van der Waals surface area contributed by atoms with Gasteiger partial charge in [0.25, 0.3) is 0 Å². The van der Waals surface area contributed by atoms with Crippen LogP contribution in [-0.2, 0) is 19.1 Å². The summed E-state index contributed by atoms with van der Waals surface area (Å²) in [5.74, 6) is 0.120. The van der Waals surface area contributed by atoms with Crippen molar-refractivity contribution in [3.63, 3.8) is 0 Å². The quantitative estimate of drug-likeness (QED) is 0.436. The zero-order valence-electron chi connectivity index (χ0n) is 13.5. The number of ether oxygens (including phenoxy) is 2. The largest absolute Gasteiger partial charge is 0.378 e. The van der Waals surface area contributed by atoms with E-state index in [0.717, 1.165) is 12.7 Å². The summed E-state index contributed by atoms with van der Waals surface area (Å²) in [5, 5.41) is 3.06. The summed E-state index contributed by atoms with van der Waals surface area (Å²) >= 11 is 0. The molecule has 0 saturated carbocycles. The van der Waals surface area contributed by atoms with Gasteiger partial charge < -0.3 is 19.6 Å². The third-order valence-corrected chi connectivity index (χ3v) is 3.37. The van der Waals surface area contributed by atoms with Gasteiger partial charge >= 0.3 is 0 Å². The number of ketones is 1. The van der Waals surface area contributed by atoms with E-state index in [4.69, 9.17) is 9.47 Å². The molecule has 20 heavy (non-hydrogen) atoms. The lowest BCUT2D eigenvalue weighted by Crippen LogP contribution is -2.42. The smallest absolute Gasteiger partial charge is 0.164 e. The molecule has 0 unspecified atom stereocenters. The molecule has 118 valence electrons. The van der Waals surface area contributed by atoms with E-state index in [-0.39, 0.29) is 17.8 Å². The van der Waals surface area contributed by atoms with Crippen molar-refractivity contribution in [3.8, 4) is 0 Å². The van der Waals surface area contributed by atoms with Crippen LogP contribution < -0.4 is 5.32 Å². The molecule has 0 aromatic carbocycles. The Bertz CT molecular complexity index is 300. The van der Waals surface area contributed by atoms with Crippen LogP contribution in [0.15, 0.2) is 0 Å². The van der Waals surface area contributed by atoms with Crippen LogP contribution >= 0.6 is 0 Å². The third-order valence-electron chi connectivity index (χ3n) is 3.37. The molecule has 1 N–H and O–H groups in total. The molecular formula is C15H29NO4. The molecule has 5 nitrogen and oxygen atoms in total. The van der Waals surface area contributed by atoms with Gasteiger partial charge in [-0.1, -0.05) is 20.8 Å². The van der Waals surface area contributed by atoms with Gasteiger partial charge in [-0.3, -0.25) is 4.79 Å². The number of nitrogens with one attached hydrogen (secondary N) is 1. The second kappa shape index (κ2) is 9.21. The second-order valence-electron chi connectivity index (χ2n) is 6.09. The fraction of sp³-hybridized carbons (Fsp3) is 0.867. The minimum absolute atomic E-state index is 0.120. The predicted molar refractivity (Wildman–Crippen MR) is 78.9 cm³/mol. The van der Waals surface area contributed by atoms with Crippen LogP contribution in [0.5, 0.6) is 0 Å². The van der Waals surface area contributed by atoms with Crippen molar-refractivity contribution in [1.82, 2.24) is 5.32 Å². The van der Waals surface area contributed by atoms with Crippen LogP contribution in [0.1, 0.15) is 41.0 Å². The van der Waals surface area contributed by atoms with Crippen LogP contribution in [0.25, 0.3) is 0 Å². The lowest BCUT2D eigenvalue weighted by atomic mass is 9.86. The number of rotatable bonds is 12. The molecule has 0 aromatic rings. The number of carbonyl (C=O) groups is 2. The maximum atomic E-state index is 11.8. The van der Waals surface area contributed by atoms with Crippen LogP contribution in [-0.4, -0.2) is 50.6 Å². The predicted octanol–water partition coefficient (Wildman–Crippen LogP) is 1.59. The molecule has 0 bridgehead atoms. The summed E-state index contributed by atoms with van der Waals surface area (Å²) in [6, 6.07) is 0. The van der Waals surface area contributed by atoms with Gasteiger partial charge in [-0.05, 0) is 20.3 Å². The number of Topliss-reactive ketones (excluding diaryl/α,β-unsaturated/α-hetero) is 1. The first-order valence-electron chi connectivity index (χ1n) is 7.15. The Balaban J connectivity index is 3.51. The Morgan fingerprint density at radius 1 is 1.10 bits per heavy atom. The van der Waals surface area contributed by atoms with Gasteiger partial charge in [0.1, 0.15) is 12.9 Å². The number of aldehydes is 1. The zero-order chi connectivity index (χ0) is 15.6. The van der Waals surface area contributed by atoms with Crippen molar-refractivity contribution in [1.29, 1.82) is 0 Å². The van der Waals surface area contributed by atoms with Crippen molar-refractivity contribution in [3.05, 3.63) is 0 Å². The van der Waals surface area contributed by atoms with Gasteiger partial charge in [0.05, 0.1) is 25.4 Å². The van der Waals surface area contributed by atoms with Gasteiger partial charge in [-0.2, -0.15) is 0 Å². The van der Waals surface area contributed by atoms with Crippen molar-refractivity contribution in [2.45, 2.75) is 46.6 Å². The van der Waals surface area contributed by atoms with Gasteiger partial charge in [0.2, 0.25) is 0 Å².